The quantitative estimate of drug-likeness (QED) is 0.533. The van der Waals surface area contributed by atoms with Gasteiger partial charge in [0.15, 0.2) is 0 Å². The van der Waals surface area contributed by atoms with Gasteiger partial charge in [-0.1, -0.05) is 18.2 Å². The van der Waals surface area contributed by atoms with Crippen LogP contribution in [-0.2, 0) is 0 Å². The number of benzene rings is 2. The summed E-state index contributed by atoms with van der Waals surface area (Å²) in [5.41, 5.74) is 4.45. The van der Waals surface area contributed by atoms with Crippen molar-refractivity contribution in [3.8, 4) is 11.5 Å². The van der Waals surface area contributed by atoms with Crippen LogP contribution in [0, 0.1) is 18.8 Å². The highest BCUT2D eigenvalue weighted by atomic mass is 16.5. The Bertz CT molecular complexity index is 779. The highest BCUT2D eigenvalue weighted by Gasteiger charge is 2.32. The van der Waals surface area contributed by atoms with E-state index in [4.69, 9.17) is 9.47 Å². The second kappa shape index (κ2) is 9.24. The summed E-state index contributed by atoms with van der Waals surface area (Å²) < 4.78 is 10.7. The Kier molecular flexibility index (Phi) is 6.47. The molecule has 2 aliphatic carbocycles. The van der Waals surface area contributed by atoms with Crippen molar-refractivity contribution in [2.24, 2.45) is 11.8 Å². The molecule has 0 heterocycles. The minimum atomic E-state index is 0.743. The standard InChI is InChI=1S/C27H36O2/c1-19-18-26(29-3)16-17-27(19)24-10-8-22(9-11-24)20-4-6-21(7-5-20)23-12-14-25(28-2)15-13-23/h12-18,20-22,24H,4-11H2,1-3H3. The summed E-state index contributed by atoms with van der Waals surface area (Å²) in [7, 11) is 3.49. The van der Waals surface area contributed by atoms with Gasteiger partial charge >= 0.3 is 0 Å². The van der Waals surface area contributed by atoms with E-state index < -0.39 is 0 Å². The lowest BCUT2D eigenvalue weighted by molar-refractivity contribution is 0.177. The topological polar surface area (TPSA) is 18.5 Å². The Balaban J connectivity index is 1.28. The van der Waals surface area contributed by atoms with Crippen molar-refractivity contribution in [3.63, 3.8) is 0 Å². The van der Waals surface area contributed by atoms with Crippen molar-refractivity contribution in [3.05, 3.63) is 59.2 Å². The molecule has 4 rings (SSSR count). The average Bonchev–Trinajstić information content (AvgIpc) is 2.79. The molecule has 0 aromatic heterocycles. The first-order valence-electron chi connectivity index (χ1n) is 11.5. The number of ether oxygens (including phenoxy) is 2. The third kappa shape index (κ3) is 4.63. The summed E-state index contributed by atoms with van der Waals surface area (Å²) in [5, 5.41) is 0. The van der Waals surface area contributed by atoms with Gasteiger partial charge in [0.2, 0.25) is 0 Å². The van der Waals surface area contributed by atoms with E-state index in [1.54, 1.807) is 19.8 Å². The van der Waals surface area contributed by atoms with Crippen LogP contribution < -0.4 is 9.47 Å². The molecule has 0 bridgehead atoms. The zero-order valence-electron chi connectivity index (χ0n) is 18.3. The van der Waals surface area contributed by atoms with E-state index in [1.165, 1.54) is 62.5 Å². The van der Waals surface area contributed by atoms with Gasteiger partial charge < -0.3 is 9.47 Å². The van der Waals surface area contributed by atoms with Crippen LogP contribution in [0.1, 0.15) is 79.9 Å². The van der Waals surface area contributed by atoms with Gasteiger partial charge in [-0.3, -0.25) is 0 Å². The molecule has 0 N–H and O–H groups in total. The molecule has 2 nitrogen and oxygen atoms in total. The highest BCUT2D eigenvalue weighted by molar-refractivity contribution is 5.37. The average molecular weight is 393 g/mol. The summed E-state index contributed by atoms with van der Waals surface area (Å²) in [6.07, 6.45) is 11.1. The van der Waals surface area contributed by atoms with Crippen LogP contribution in [0.5, 0.6) is 11.5 Å². The Morgan fingerprint density at radius 1 is 0.621 bits per heavy atom. The first kappa shape index (κ1) is 20.3. The summed E-state index contributed by atoms with van der Waals surface area (Å²) in [6, 6.07) is 15.4. The predicted octanol–water partition coefficient (Wildman–Crippen LogP) is 7.26. The van der Waals surface area contributed by atoms with Crippen LogP contribution in [-0.4, -0.2) is 14.2 Å². The molecule has 2 aromatic carbocycles. The summed E-state index contributed by atoms with van der Waals surface area (Å²) in [6.45, 7) is 2.24. The lowest BCUT2D eigenvalue weighted by Gasteiger charge is -2.38. The van der Waals surface area contributed by atoms with E-state index in [9.17, 15) is 0 Å². The van der Waals surface area contributed by atoms with Crippen molar-refractivity contribution < 1.29 is 9.47 Å². The van der Waals surface area contributed by atoms with E-state index in [1.807, 2.05) is 0 Å². The van der Waals surface area contributed by atoms with Crippen molar-refractivity contribution >= 4 is 0 Å². The molecule has 156 valence electrons. The van der Waals surface area contributed by atoms with E-state index in [0.717, 1.165) is 35.2 Å². The molecule has 2 aromatic rings. The zero-order valence-corrected chi connectivity index (χ0v) is 18.3. The molecule has 2 aliphatic rings. The lowest BCUT2D eigenvalue weighted by atomic mass is 9.67. The molecule has 0 spiro atoms. The second-order valence-corrected chi connectivity index (χ2v) is 9.22. The van der Waals surface area contributed by atoms with Gasteiger partial charge in [0, 0.05) is 0 Å². The molecule has 0 atom stereocenters. The van der Waals surface area contributed by atoms with Crippen LogP contribution >= 0.6 is 0 Å². The van der Waals surface area contributed by atoms with E-state index in [0.29, 0.717) is 0 Å². The highest BCUT2D eigenvalue weighted by Crippen LogP contribution is 2.46. The number of rotatable bonds is 5. The molecule has 0 radical (unpaired) electrons. The van der Waals surface area contributed by atoms with Crippen LogP contribution in [0.2, 0.25) is 0 Å². The van der Waals surface area contributed by atoms with Gasteiger partial charge in [-0.15, -0.1) is 0 Å². The third-order valence-corrected chi connectivity index (χ3v) is 7.71. The van der Waals surface area contributed by atoms with Crippen LogP contribution in [0.4, 0.5) is 0 Å². The minimum absolute atomic E-state index is 0.743. The van der Waals surface area contributed by atoms with Crippen LogP contribution in [0.25, 0.3) is 0 Å². The molecule has 29 heavy (non-hydrogen) atoms. The van der Waals surface area contributed by atoms with Gasteiger partial charge in [0.1, 0.15) is 11.5 Å². The Morgan fingerprint density at radius 3 is 1.66 bits per heavy atom. The maximum absolute atomic E-state index is 5.38. The van der Waals surface area contributed by atoms with Crippen LogP contribution in [0.15, 0.2) is 42.5 Å². The molecule has 0 aliphatic heterocycles. The predicted molar refractivity (Wildman–Crippen MR) is 120 cm³/mol. The van der Waals surface area contributed by atoms with E-state index in [2.05, 4.69) is 49.4 Å². The smallest absolute Gasteiger partial charge is 0.119 e. The number of hydrogen-bond donors (Lipinski definition) is 0. The first-order valence-corrected chi connectivity index (χ1v) is 11.5. The van der Waals surface area contributed by atoms with Crippen molar-refractivity contribution in [2.45, 2.75) is 70.1 Å². The molecule has 0 amide bonds. The normalized spacial score (nSPS) is 27.4. The SMILES string of the molecule is COc1ccc(C2CCC(C3CCC(c4ccc(OC)cc4C)CC3)CC2)cc1. The van der Waals surface area contributed by atoms with Gasteiger partial charge in [-0.2, -0.15) is 0 Å². The molecule has 0 unspecified atom stereocenters. The zero-order chi connectivity index (χ0) is 20.2. The monoisotopic (exact) mass is 392 g/mol. The molecular formula is C27H36O2. The lowest BCUT2D eigenvalue weighted by Crippen LogP contribution is -2.25. The van der Waals surface area contributed by atoms with Gasteiger partial charge in [-0.25, -0.2) is 0 Å². The third-order valence-electron chi connectivity index (χ3n) is 7.71. The van der Waals surface area contributed by atoms with Crippen molar-refractivity contribution in [1.29, 1.82) is 0 Å². The summed E-state index contributed by atoms with van der Waals surface area (Å²) >= 11 is 0. The number of aryl methyl sites for hydroxylation is 1. The van der Waals surface area contributed by atoms with Crippen LogP contribution in [0.3, 0.4) is 0 Å². The maximum Gasteiger partial charge on any atom is 0.119 e. The minimum Gasteiger partial charge on any atom is -0.497 e. The summed E-state index contributed by atoms with van der Waals surface area (Å²) in [5.74, 6) is 5.33. The molecule has 2 saturated carbocycles. The number of hydrogen-bond acceptors (Lipinski definition) is 2. The van der Waals surface area contributed by atoms with E-state index in [-0.39, 0.29) is 0 Å². The maximum atomic E-state index is 5.38. The molecule has 0 saturated heterocycles. The Morgan fingerprint density at radius 2 is 1.14 bits per heavy atom. The first-order chi connectivity index (χ1) is 14.2. The Labute approximate surface area is 176 Å². The van der Waals surface area contributed by atoms with Gasteiger partial charge in [0.05, 0.1) is 14.2 Å². The van der Waals surface area contributed by atoms with Crippen molar-refractivity contribution in [2.75, 3.05) is 14.2 Å². The summed E-state index contributed by atoms with van der Waals surface area (Å²) in [4.78, 5) is 0. The van der Waals surface area contributed by atoms with Gasteiger partial charge in [0.25, 0.3) is 0 Å². The Hall–Kier alpha value is -1.96. The van der Waals surface area contributed by atoms with Crippen molar-refractivity contribution in [1.82, 2.24) is 0 Å². The van der Waals surface area contributed by atoms with E-state index >= 15 is 0 Å². The largest absolute Gasteiger partial charge is 0.497 e. The second-order valence-electron chi connectivity index (χ2n) is 9.22. The molecule has 2 heteroatoms. The fourth-order valence-electron chi connectivity index (χ4n) is 5.93. The fraction of sp³-hybridized carbons (Fsp3) is 0.556. The fourth-order valence-corrected chi connectivity index (χ4v) is 5.93. The molecule has 2 fully saturated rings. The van der Waals surface area contributed by atoms with Gasteiger partial charge in [-0.05, 0) is 123 Å². The molecular weight excluding hydrogens is 356 g/mol. The number of methoxy groups -OCH3 is 2.